The van der Waals surface area contributed by atoms with Crippen LogP contribution in [0.5, 0.6) is 5.75 Å². The molecule has 3 aromatic rings. The number of hydrogen-bond acceptors (Lipinski definition) is 4. The fraction of sp³-hybridized carbons (Fsp3) is 0.423. The molecule has 0 spiro atoms. The summed E-state index contributed by atoms with van der Waals surface area (Å²) in [5.74, 6) is 1.33. The molecule has 2 aromatic heterocycles. The van der Waals surface area contributed by atoms with Crippen molar-refractivity contribution in [1.82, 2.24) is 19.8 Å². The molecule has 1 aromatic carbocycles. The number of carboxylic acid groups (broad SMARTS) is 1. The lowest BCUT2D eigenvalue weighted by molar-refractivity contribution is 0.0129. The first-order chi connectivity index (χ1) is 16.2. The molecule has 2 N–H and O–H groups in total. The van der Waals surface area contributed by atoms with Crippen LogP contribution in [-0.4, -0.2) is 56.8 Å². The van der Waals surface area contributed by atoms with Gasteiger partial charge < -0.3 is 24.6 Å². The molecule has 3 heterocycles. The Kier molecular flexibility index (Phi) is 6.50. The van der Waals surface area contributed by atoms with E-state index in [-0.39, 0.29) is 23.5 Å². The van der Waals surface area contributed by atoms with Crippen molar-refractivity contribution in [2.45, 2.75) is 52.7 Å². The summed E-state index contributed by atoms with van der Waals surface area (Å²) in [5.41, 5.74) is 1.42. The molecular formula is C26H32N4O4. The zero-order valence-corrected chi connectivity index (χ0v) is 20.1. The van der Waals surface area contributed by atoms with Crippen LogP contribution in [0.3, 0.4) is 0 Å². The van der Waals surface area contributed by atoms with Gasteiger partial charge >= 0.3 is 6.09 Å². The standard InChI is InChI=1S/C26H32N4O4/c1-5-27-24(31)18-6-8-21-17(14-18)10-12-29(21)23-9-7-20(16-28-23)34-19-11-13-30(25(32)33)22(15-19)26(2,3)4/h6-10,12,14,16,19,22H,5,11,13,15H2,1-4H3,(H,27,31)(H,32,33). The van der Waals surface area contributed by atoms with Crippen molar-refractivity contribution in [2.24, 2.45) is 5.41 Å². The molecule has 1 fully saturated rings. The second-order valence-corrected chi connectivity index (χ2v) is 9.79. The largest absolute Gasteiger partial charge is 0.489 e. The maximum absolute atomic E-state index is 12.1. The number of nitrogens with zero attached hydrogens (tertiary/aromatic N) is 3. The predicted octanol–water partition coefficient (Wildman–Crippen LogP) is 4.71. The average molecular weight is 465 g/mol. The molecule has 2 atom stereocenters. The summed E-state index contributed by atoms with van der Waals surface area (Å²) < 4.78 is 8.17. The molecular weight excluding hydrogens is 432 g/mol. The van der Waals surface area contributed by atoms with Crippen LogP contribution in [0.4, 0.5) is 4.79 Å². The first-order valence-electron chi connectivity index (χ1n) is 11.7. The Bertz CT molecular complexity index is 1180. The van der Waals surface area contributed by atoms with Gasteiger partial charge in [0.1, 0.15) is 17.7 Å². The van der Waals surface area contributed by atoms with E-state index in [1.807, 2.05) is 54.1 Å². The molecule has 1 aliphatic heterocycles. The Labute approximate surface area is 199 Å². The predicted molar refractivity (Wildman–Crippen MR) is 131 cm³/mol. The molecule has 0 saturated carbocycles. The number of pyridine rings is 1. The van der Waals surface area contributed by atoms with E-state index in [1.54, 1.807) is 6.20 Å². The number of aromatic nitrogens is 2. The van der Waals surface area contributed by atoms with Crippen LogP contribution < -0.4 is 10.1 Å². The minimum atomic E-state index is -0.874. The maximum Gasteiger partial charge on any atom is 0.407 e. The normalized spacial score (nSPS) is 18.6. The number of amides is 2. The number of rotatable bonds is 5. The quantitative estimate of drug-likeness (QED) is 0.570. The molecule has 34 heavy (non-hydrogen) atoms. The lowest BCUT2D eigenvalue weighted by atomic mass is 9.80. The fourth-order valence-electron chi connectivity index (χ4n) is 4.61. The van der Waals surface area contributed by atoms with Crippen LogP contribution in [0.2, 0.25) is 0 Å². The van der Waals surface area contributed by atoms with Crippen LogP contribution in [0.15, 0.2) is 48.8 Å². The first kappa shape index (κ1) is 23.6. The lowest BCUT2D eigenvalue weighted by Gasteiger charge is -2.44. The Morgan fingerprint density at radius 2 is 2.00 bits per heavy atom. The second-order valence-electron chi connectivity index (χ2n) is 9.79. The van der Waals surface area contributed by atoms with Crippen molar-refractivity contribution in [3.05, 3.63) is 54.4 Å². The van der Waals surface area contributed by atoms with Gasteiger partial charge in [0.25, 0.3) is 5.91 Å². The zero-order chi connectivity index (χ0) is 24.5. The Morgan fingerprint density at radius 1 is 1.21 bits per heavy atom. The first-order valence-corrected chi connectivity index (χ1v) is 11.7. The molecule has 2 amide bonds. The number of piperidine rings is 1. The van der Waals surface area contributed by atoms with E-state index in [1.165, 1.54) is 4.90 Å². The molecule has 0 bridgehead atoms. The number of carbonyl (C=O) groups excluding carboxylic acids is 1. The topological polar surface area (TPSA) is 96.7 Å². The third kappa shape index (κ3) is 4.85. The minimum absolute atomic E-state index is 0.0624. The summed E-state index contributed by atoms with van der Waals surface area (Å²) in [7, 11) is 0. The van der Waals surface area contributed by atoms with E-state index in [0.717, 1.165) is 16.7 Å². The van der Waals surface area contributed by atoms with Gasteiger partial charge in [-0.05, 0) is 48.7 Å². The maximum atomic E-state index is 12.1. The highest BCUT2D eigenvalue weighted by molar-refractivity contribution is 5.98. The van der Waals surface area contributed by atoms with Crippen molar-refractivity contribution in [2.75, 3.05) is 13.1 Å². The zero-order valence-electron chi connectivity index (χ0n) is 20.1. The Morgan fingerprint density at radius 3 is 2.65 bits per heavy atom. The van der Waals surface area contributed by atoms with Crippen molar-refractivity contribution in [1.29, 1.82) is 0 Å². The molecule has 180 valence electrons. The highest BCUT2D eigenvalue weighted by Gasteiger charge is 2.39. The summed E-state index contributed by atoms with van der Waals surface area (Å²) in [6, 6.07) is 11.3. The van der Waals surface area contributed by atoms with E-state index >= 15 is 0 Å². The number of fused-ring (bicyclic) bond motifs is 1. The average Bonchev–Trinajstić information content (AvgIpc) is 3.22. The van der Waals surface area contributed by atoms with Crippen LogP contribution in [0.1, 0.15) is 50.9 Å². The smallest absolute Gasteiger partial charge is 0.407 e. The second kappa shape index (κ2) is 9.37. The van der Waals surface area contributed by atoms with Gasteiger partial charge in [0.15, 0.2) is 0 Å². The molecule has 0 radical (unpaired) electrons. The number of likely N-dealkylation sites (tertiary alicyclic amines) is 1. The number of carbonyl (C=O) groups is 2. The number of benzene rings is 1. The summed E-state index contributed by atoms with van der Waals surface area (Å²) in [5, 5.41) is 13.3. The van der Waals surface area contributed by atoms with E-state index in [4.69, 9.17) is 4.74 Å². The molecule has 1 saturated heterocycles. The van der Waals surface area contributed by atoms with E-state index in [0.29, 0.717) is 37.2 Å². The van der Waals surface area contributed by atoms with Crippen LogP contribution >= 0.6 is 0 Å². The Balaban J connectivity index is 1.48. The number of ether oxygens (including phenoxy) is 1. The highest BCUT2D eigenvalue weighted by Crippen LogP contribution is 2.33. The number of hydrogen-bond donors (Lipinski definition) is 2. The Hall–Kier alpha value is -3.55. The molecule has 4 rings (SSSR count). The molecule has 1 aliphatic rings. The molecule has 2 unspecified atom stereocenters. The summed E-state index contributed by atoms with van der Waals surface area (Å²) >= 11 is 0. The summed E-state index contributed by atoms with van der Waals surface area (Å²) in [6.45, 7) is 9.13. The fourth-order valence-corrected chi connectivity index (χ4v) is 4.61. The van der Waals surface area contributed by atoms with Crippen molar-refractivity contribution in [3.63, 3.8) is 0 Å². The molecule has 8 heteroatoms. The van der Waals surface area contributed by atoms with Gasteiger partial charge in [0, 0.05) is 49.1 Å². The minimum Gasteiger partial charge on any atom is -0.489 e. The highest BCUT2D eigenvalue weighted by atomic mass is 16.5. The van der Waals surface area contributed by atoms with Crippen LogP contribution in [-0.2, 0) is 0 Å². The van der Waals surface area contributed by atoms with Gasteiger partial charge in [-0.3, -0.25) is 4.79 Å². The van der Waals surface area contributed by atoms with E-state index in [9.17, 15) is 14.7 Å². The molecule has 8 nitrogen and oxygen atoms in total. The van der Waals surface area contributed by atoms with Crippen LogP contribution in [0.25, 0.3) is 16.7 Å². The van der Waals surface area contributed by atoms with Gasteiger partial charge in [-0.25, -0.2) is 9.78 Å². The van der Waals surface area contributed by atoms with Gasteiger partial charge in [0.2, 0.25) is 0 Å². The third-order valence-electron chi connectivity index (χ3n) is 6.36. The van der Waals surface area contributed by atoms with Gasteiger partial charge in [-0.1, -0.05) is 20.8 Å². The van der Waals surface area contributed by atoms with E-state index in [2.05, 4.69) is 31.1 Å². The van der Waals surface area contributed by atoms with Crippen molar-refractivity contribution >= 4 is 22.9 Å². The third-order valence-corrected chi connectivity index (χ3v) is 6.36. The van der Waals surface area contributed by atoms with Crippen molar-refractivity contribution < 1.29 is 19.4 Å². The SMILES string of the molecule is CCNC(=O)c1ccc2c(ccn2-c2ccc(OC3CCN(C(=O)O)C(C(C)(C)C)C3)cn2)c1. The molecule has 0 aliphatic carbocycles. The van der Waals surface area contributed by atoms with Crippen molar-refractivity contribution in [3.8, 4) is 11.6 Å². The van der Waals surface area contributed by atoms with Crippen LogP contribution in [0, 0.1) is 5.41 Å². The van der Waals surface area contributed by atoms with E-state index < -0.39 is 6.09 Å². The van der Waals surface area contributed by atoms with Gasteiger partial charge in [-0.2, -0.15) is 0 Å². The summed E-state index contributed by atoms with van der Waals surface area (Å²) in [4.78, 5) is 29.9. The number of nitrogens with one attached hydrogen (secondary N) is 1. The van der Waals surface area contributed by atoms with Gasteiger partial charge in [-0.15, -0.1) is 0 Å². The van der Waals surface area contributed by atoms with Gasteiger partial charge in [0.05, 0.1) is 11.7 Å². The lowest BCUT2D eigenvalue weighted by Crippen LogP contribution is -2.53. The summed E-state index contributed by atoms with van der Waals surface area (Å²) in [6.07, 6.45) is 4.00. The monoisotopic (exact) mass is 464 g/mol.